The van der Waals surface area contributed by atoms with Crippen molar-refractivity contribution in [2.45, 2.75) is 19.3 Å². The molecule has 1 aromatic heterocycles. The van der Waals surface area contributed by atoms with E-state index in [0.29, 0.717) is 27.1 Å². The van der Waals surface area contributed by atoms with Crippen molar-refractivity contribution in [3.63, 3.8) is 0 Å². The van der Waals surface area contributed by atoms with Crippen molar-refractivity contribution in [3.05, 3.63) is 64.8 Å². The highest BCUT2D eigenvalue weighted by Gasteiger charge is 2.29. The van der Waals surface area contributed by atoms with Gasteiger partial charge in [-0.05, 0) is 30.7 Å². The van der Waals surface area contributed by atoms with Gasteiger partial charge in [-0.3, -0.25) is 4.98 Å². The molecule has 0 radical (unpaired) electrons. The normalized spacial score (nSPS) is 11.7. The topological polar surface area (TPSA) is 50.2 Å². The summed E-state index contributed by atoms with van der Waals surface area (Å²) < 4.78 is 27.2. The lowest BCUT2D eigenvalue weighted by Gasteiger charge is -2.17. The van der Waals surface area contributed by atoms with Crippen LogP contribution in [0.4, 0.5) is 8.78 Å². The summed E-state index contributed by atoms with van der Waals surface area (Å²) in [5, 5.41) is 10.6. The molecule has 1 heterocycles. The van der Waals surface area contributed by atoms with Crippen LogP contribution in [0.1, 0.15) is 23.0 Å². The Morgan fingerprint density at radius 2 is 1.88 bits per heavy atom. The predicted molar refractivity (Wildman–Crippen MR) is 93.5 cm³/mol. The number of hydrogen-bond donors (Lipinski definition) is 1. The summed E-state index contributed by atoms with van der Waals surface area (Å²) in [6, 6.07) is 13.6. The fourth-order valence-corrected chi connectivity index (χ4v) is 3.02. The fourth-order valence-electron chi connectivity index (χ4n) is 2.84. The van der Waals surface area contributed by atoms with E-state index in [1.807, 2.05) is 0 Å². The Morgan fingerprint density at radius 1 is 1.20 bits per heavy atom. The van der Waals surface area contributed by atoms with Crippen molar-refractivity contribution in [3.8, 4) is 11.1 Å². The Kier molecular flexibility index (Phi) is 4.43. The molecule has 0 aliphatic carbocycles. The van der Waals surface area contributed by atoms with Crippen molar-refractivity contribution in [1.29, 1.82) is 0 Å². The van der Waals surface area contributed by atoms with Gasteiger partial charge in [0.15, 0.2) is 0 Å². The first-order valence-corrected chi connectivity index (χ1v) is 7.93. The lowest BCUT2D eigenvalue weighted by Crippen LogP contribution is -2.19. The van der Waals surface area contributed by atoms with E-state index in [2.05, 4.69) is 4.98 Å². The molecule has 2 aromatic carbocycles. The summed E-state index contributed by atoms with van der Waals surface area (Å²) in [6.07, 6.45) is -0.757. The van der Waals surface area contributed by atoms with Crippen LogP contribution < -0.4 is 0 Å². The molecular weight excluding hydrogens is 348 g/mol. The van der Waals surface area contributed by atoms with Gasteiger partial charge >= 0.3 is 5.97 Å². The number of carboxylic acid groups (broad SMARTS) is 1. The maximum atomic E-state index is 13.6. The van der Waals surface area contributed by atoms with E-state index in [1.165, 1.54) is 0 Å². The van der Waals surface area contributed by atoms with E-state index in [9.17, 15) is 18.7 Å². The van der Waals surface area contributed by atoms with E-state index in [4.69, 9.17) is 11.6 Å². The summed E-state index contributed by atoms with van der Waals surface area (Å²) >= 11 is 6.06. The number of rotatable bonds is 4. The summed E-state index contributed by atoms with van der Waals surface area (Å²) in [6.45, 7) is 0.745. The highest BCUT2D eigenvalue weighted by molar-refractivity contribution is 6.31. The number of aromatic nitrogens is 1. The molecule has 0 aliphatic heterocycles. The zero-order valence-corrected chi connectivity index (χ0v) is 14.0. The standard InChI is InChI=1S/C19H14ClF2NO2/c1-19(21,22)10-15-17(18(24)25)16(11-5-3-2-4-6-11)13-9-12(20)7-8-14(13)23-15/h2-9H,10H2,1H3,(H,24,25). The van der Waals surface area contributed by atoms with E-state index in [0.717, 1.165) is 6.92 Å². The summed E-state index contributed by atoms with van der Waals surface area (Å²) in [7, 11) is 0. The molecule has 6 heteroatoms. The molecule has 0 unspecified atom stereocenters. The van der Waals surface area contributed by atoms with Gasteiger partial charge < -0.3 is 5.11 Å². The number of nitrogens with zero attached hydrogens (tertiary/aromatic N) is 1. The van der Waals surface area contributed by atoms with Gasteiger partial charge in [0.05, 0.1) is 23.2 Å². The Balaban J connectivity index is 2.44. The Bertz CT molecular complexity index is 953. The number of alkyl halides is 2. The predicted octanol–water partition coefficient (Wildman–Crippen LogP) is 5.45. The maximum Gasteiger partial charge on any atom is 0.338 e. The van der Waals surface area contributed by atoms with Gasteiger partial charge in [-0.2, -0.15) is 0 Å². The average Bonchev–Trinajstić information content (AvgIpc) is 2.53. The van der Waals surface area contributed by atoms with Gasteiger partial charge in [0.1, 0.15) is 0 Å². The van der Waals surface area contributed by atoms with Crippen LogP contribution in [0.3, 0.4) is 0 Å². The second-order valence-electron chi connectivity index (χ2n) is 5.89. The first-order valence-electron chi connectivity index (χ1n) is 7.55. The van der Waals surface area contributed by atoms with Crippen LogP contribution in [-0.4, -0.2) is 22.0 Å². The first kappa shape index (κ1) is 17.3. The summed E-state index contributed by atoms with van der Waals surface area (Å²) in [4.78, 5) is 16.1. The van der Waals surface area contributed by atoms with Crippen LogP contribution in [0.2, 0.25) is 5.02 Å². The van der Waals surface area contributed by atoms with Crippen LogP contribution in [0.5, 0.6) is 0 Å². The minimum absolute atomic E-state index is 0.145. The zero-order chi connectivity index (χ0) is 18.2. The number of aromatic carboxylic acids is 1. The Morgan fingerprint density at radius 3 is 2.48 bits per heavy atom. The van der Waals surface area contributed by atoms with Crippen molar-refractivity contribution in [1.82, 2.24) is 4.98 Å². The molecule has 0 amide bonds. The number of fused-ring (bicyclic) bond motifs is 1. The molecule has 0 saturated carbocycles. The molecule has 128 valence electrons. The Hall–Kier alpha value is -2.53. The zero-order valence-electron chi connectivity index (χ0n) is 13.3. The van der Waals surface area contributed by atoms with E-state index in [-0.39, 0.29) is 11.3 Å². The van der Waals surface area contributed by atoms with Gasteiger partial charge in [0.25, 0.3) is 5.92 Å². The number of pyridine rings is 1. The van der Waals surface area contributed by atoms with E-state index in [1.54, 1.807) is 48.5 Å². The van der Waals surface area contributed by atoms with E-state index >= 15 is 0 Å². The van der Waals surface area contributed by atoms with Crippen LogP contribution >= 0.6 is 11.6 Å². The third kappa shape index (κ3) is 3.61. The van der Waals surface area contributed by atoms with Crippen LogP contribution in [0.25, 0.3) is 22.0 Å². The SMILES string of the molecule is CC(F)(F)Cc1nc2ccc(Cl)cc2c(-c2ccccc2)c1C(=O)O. The van der Waals surface area contributed by atoms with Crippen molar-refractivity contribution in [2.24, 2.45) is 0 Å². The van der Waals surface area contributed by atoms with Crippen molar-refractivity contribution in [2.75, 3.05) is 0 Å². The molecule has 3 nitrogen and oxygen atoms in total. The first-order chi connectivity index (χ1) is 11.8. The quantitative estimate of drug-likeness (QED) is 0.672. The molecule has 3 rings (SSSR count). The minimum atomic E-state index is -3.08. The second kappa shape index (κ2) is 6.41. The highest BCUT2D eigenvalue weighted by Crippen LogP contribution is 2.36. The smallest absolute Gasteiger partial charge is 0.338 e. The third-order valence-electron chi connectivity index (χ3n) is 3.78. The molecule has 0 bridgehead atoms. The highest BCUT2D eigenvalue weighted by atomic mass is 35.5. The molecule has 0 spiro atoms. The van der Waals surface area contributed by atoms with Crippen molar-refractivity contribution < 1.29 is 18.7 Å². The molecule has 25 heavy (non-hydrogen) atoms. The third-order valence-corrected chi connectivity index (χ3v) is 4.01. The fraction of sp³-hybridized carbons (Fsp3) is 0.158. The lowest BCUT2D eigenvalue weighted by molar-refractivity contribution is 0.0214. The van der Waals surface area contributed by atoms with Crippen LogP contribution in [0.15, 0.2) is 48.5 Å². The summed E-state index contributed by atoms with van der Waals surface area (Å²) in [5.41, 5.74) is 1.01. The van der Waals surface area contributed by atoms with Gasteiger partial charge in [0, 0.05) is 16.0 Å². The second-order valence-corrected chi connectivity index (χ2v) is 6.32. The molecule has 0 aliphatic rings. The van der Waals surface area contributed by atoms with Gasteiger partial charge in [-0.15, -0.1) is 0 Å². The molecule has 0 fully saturated rings. The van der Waals surface area contributed by atoms with Crippen LogP contribution in [0, 0.1) is 0 Å². The monoisotopic (exact) mass is 361 g/mol. The molecule has 0 saturated heterocycles. The molecule has 3 aromatic rings. The van der Waals surface area contributed by atoms with Crippen LogP contribution in [-0.2, 0) is 6.42 Å². The molecule has 0 atom stereocenters. The number of benzene rings is 2. The molecule has 1 N–H and O–H groups in total. The number of carbonyl (C=O) groups is 1. The average molecular weight is 362 g/mol. The maximum absolute atomic E-state index is 13.6. The largest absolute Gasteiger partial charge is 0.478 e. The molecular formula is C19H14ClF2NO2. The van der Waals surface area contributed by atoms with Gasteiger partial charge in [-0.25, -0.2) is 13.6 Å². The Labute approximate surface area is 147 Å². The van der Waals surface area contributed by atoms with Gasteiger partial charge in [0.2, 0.25) is 0 Å². The number of halogens is 3. The van der Waals surface area contributed by atoms with Crippen molar-refractivity contribution >= 4 is 28.5 Å². The minimum Gasteiger partial charge on any atom is -0.478 e. The van der Waals surface area contributed by atoms with Gasteiger partial charge in [-0.1, -0.05) is 41.9 Å². The summed E-state index contributed by atoms with van der Waals surface area (Å²) in [5.74, 6) is -4.38. The number of carboxylic acids is 1. The lowest BCUT2D eigenvalue weighted by atomic mass is 9.92. The van der Waals surface area contributed by atoms with E-state index < -0.39 is 18.3 Å². The number of hydrogen-bond acceptors (Lipinski definition) is 2.